The molecule has 5 nitrogen and oxygen atoms in total. The first-order valence-corrected chi connectivity index (χ1v) is 9.27. The number of amides is 1. The Hall–Kier alpha value is -3.79. The molecule has 3 rings (SSSR count). The second-order valence-corrected chi connectivity index (χ2v) is 7.21. The Bertz CT molecular complexity index is 1100. The van der Waals surface area contributed by atoms with Gasteiger partial charge < -0.3 is 5.11 Å². The molecule has 0 aliphatic carbocycles. The summed E-state index contributed by atoms with van der Waals surface area (Å²) in [5.41, 5.74) is 1.39. The topological polar surface area (TPSA) is 76.7 Å². The fourth-order valence-corrected chi connectivity index (χ4v) is 2.95. The molecule has 1 amide bonds. The molecule has 152 valence electrons. The number of aliphatic imine (C=N–C) groups is 1. The lowest BCUT2D eigenvalue weighted by atomic mass is 10.1. The number of nitrogens with zero attached hydrogens (tertiary/aromatic N) is 3. The van der Waals surface area contributed by atoms with Gasteiger partial charge in [0.2, 0.25) is 0 Å². The van der Waals surface area contributed by atoms with Gasteiger partial charge in [-0.05, 0) is 53.5 Å². The third-order valence-corrected chi connectivity index (χ3v) is 4.31. The van der Waals surface area contributed by atoms with E-state index in [2.05, 4.69) is 11.1 Å². The smallest absolute Gasteiger partial charge is 0.278 e. The number of rotatable bonds is 5. The van der Waals surface area contributed by atoms with Crippen LogP contribution in [0.2, 0.25) is 0 Å². The molecular weight excluding hydrogens is 388 g/mol. The van der Waals surface area contributed by atoms with E-state index in [1.165, 1.54) is 11.0 Å². The zero-order valence-corrected chi connectivity index (χ0v) is 16.4. The van der Waals surface area contributed by atoms with Crippen LogP contribution in [-0.2, 0) is 4.79 Å². The van der Waals surface area contributed by atoms with E-state index in [0.717, 1.165) is 17.7 Å². The molecule has 0 saturated carbocycles. The van der Waals surface area contributed by atoms with Crippen LogP contribution in [0.1, 0.15) is 30.5 Å². The number of nitriles is 1. The van der Waals surface area contributed by atoms with E-state index in [-0.39, 0.29) is 23.1 Å². The lowest BCUT2D eigenvalue weighted by molar-refractivity contribution is -0.122. The van der Waals surface area contributed by atoms with E-state index >= 15 is 0 Å². The van der Waals surface area contributed by atoms with Gasteiger partial charge in [0.15, 0.2) is 17.4 Å². The third kappa shape index (κ3) is 4.61. The Kier molecular flexibility index (Phi) is 6.07. The Morgan fingerprint density at radius 1 is 1.17 bits per heavy atom. The summed E-state index contributed by atoms with van der Waals surface area (Å²) in [5.74, 6) is -3.13. The van der Waals surface area contributed by atoms with Gasteiger partial charge in [0, 0.05) is 6.54 Å². The molecule has 30 heavy (non-hydrogen) atoms. The van der Waals surface area contributed by atoms with E-state index in [1.807, 2.05) is 19.9 Å². The van der Waals surface area contributed by atoms with Gasteiger partial charge in [0.05, 0.1) is 11.6 Å². The molecule has 2 aromatic carbocycles. The van der Waals surface area contributed by atoms with Gasteiger partial charge in [0.25, 0.3) is 5.91 Å². The minimum Gasteiger partial charge on any atom is -0.503 e. The lowest BCUT2D eigenvalue weighted by Crippen LogP contribution is -2.34. The number of hydrogen-bond acceptors (Lipinski definition) is 4. The van der Waals surface area contributed by atoms with Crippen LogP contribution in [0.5, 0.6) is 5.75 Å². The predicted molar refractivity (Wildman–Crippen MR) is 110 cm³/mol. The molecule has 7 heteroatoms. The number of hydrogen-bond donors (Lipinski definition) is 1. The van der Waals surface area contributed by atoms with E-state index in [0.29, 0.717) is 17.9 Å². The monoisotopic (exact) mass is 407 g/mol. The van der Waals surface area contributed by atoms with Gasteiger partial charge in [-0.15, -0.1) is 0 Å². The van der Waals surface area contributed by atoms with Gasteiger partial charge in [0.1, 0.15) is 11.5 Å². The lowest BCUT2D eigenvalue weighted by Gasteiger charge is -2.18. The van der Waals surface area contributed by atoms with Crippen LogP contribution in [0.4, 0.5) is 8.78 Å². The molecule has 0 fully saturated rings. The van der Waals surface area contributed by atoms with Gasteiger partial charge in [-0.1, -0.05) is 32.1 Å². The summed E-state index contributed by atoms with van der Waals surface area (Å²) in [4.78, 5) is 18.7. The van der Waals surface area contributed by atoms with Crippen LogP contribution in [-0.4, -0.2) is 28.3 Å². The Morgan fingerprint density at radius 2 is 1.87 bits per heavy atom. The van der Waals surface area contributed by atoms with Crippen LogP contribution < -0.4 is 0 Å². The normalized spacial score (nSPS) is 15.3. The van der Waals surface area contributed by atoms with Crippen molar-refractivity contribution in [3.8, 4) is 11.8 Å². The molecule has 2 aromatic rings. The zero-order chi connectivity index (χ0) is 21.8. The number of amidine groups is 1. The summed E-state index contributed by atoms with van der Waals surface area (Å²) >= 11 is 0. The fraction of sp³-hybridized carbons (Fsp3) is 0.174. The molecule has 0 radical (unpaired) electrons. The zero-order valence-electron chi connectivity index (χ0n) is 16.4. The SMILES string of the molecule is CC(C)CN1C(=O)/C(=C/c2cc(F)c(O)c(F)c2)N=C1/C=C/c1cccc(C#N)c1. The highest BCUT2D eigenvalue weighted by Crippen LogP contribution is 2.25. The number of phenols is 1. The average Bonchev–Trinajstić information content (AvgIpc) is 2.99. The third-order valence-electron chi connectivity index (χ3n) is 4.31. The predicted octanol–water partition coefficient (Wildman–Crippen LogP) is 4.49. The summed E-state index contributed by atoms with van der Waals surface area (Å²) in [5, 5.41) is 18.3. The van der Waals surface area contributed by atoms with Crippen molar-refractivity contribution in [2.24, 2.45) is 10.9 Å². The highest BCUT2D eigenvalue weighted by molar-refractivity contribution is 6.18. The number of carbonyl (C=O) groups excluding carboxylic acids is 1. The second kappa shape index (κ2) is 8.70. The van der Waals surface area contributed by atoms with Crippen LogP contribution in [0, 0.1) is 28.9 Å². The first-order chi connectivity index (χ1) is 14.3. The molecule has 0 aromatic heterocycles. The van der Waals surface area contributed by atoms with E-state index < -0.39 is 17.4 Å². The largest absolute Gasteiger partial charge is 0.503 e. The van der Waals surface area contributed by atoms with Crippen molar-refractivity contribution in [2.75, 3.05) is 6.54 Å². The van der Waals surface area contributed by atoms with Gasteiger partial charge in [-0.3, -0.25) is 9.69 Å². The average molecular weight is 407 g/mol. The number of phenolic OH excluding ortho intramolecular Hbond substituents is 1. The standard InChI is InChI=1S/C23H19F2N3O2/c1-14(2)13-28-21(7-6-15-4-3-5-16(8-15)12-26)27-20(23(28)30)11-17-9-18(24)22(29)19(25)10-17/h3-11,14,29H,13H2,1-2H3/b7-6+,20-11-. The first-order valence-electron chi connectivity index (χ1n) is 9.27. The van der Waals surface area contributed by atoms with Crippen molar-refractivity contribution < 1.29 is 18.7 Å². The van der Waals surface area contributed by atoms with E-state index in [1.54, 1.807) is 30.4 Å². The highest BCUT2D eigenvalue weighted by atomic mass is 19.1. The molecule has 0 atom stereocenters. The summed E-state index contributed by atoms with van der Waals surface area (Å²) in [7, 11) is 0. The van der Waals surface area contributed by atoms with Crippen molar-refractivity contribution in [1.29, 1.82) is 5.26 Å². The van der Waals surface area contributed by atoms with Crippen LogP contribution >= 0.6 is 0 Å². The van der Waals surface area contributed by atoms with Crippen LogP contribution in [0.3, 0.4) is 0 Å². The van der Waals surface area contributed by atoms with Gasteiger partial charge in [-0.25, -0.2) is 13.8 Å². The molecule has 1 heterocycles. The molecule has 0 saturated heterocycles. The molecular formula is C23H19F2N3O2. The molecule has 0 spiro atoms. The first kappa shape index (κ1) is 20.9. The fourth-order valence-electron chi connectivity index (χ4n) is 2.95. The minimum atomic E-state index is -1.12. The summed E-state index contributed by atoms with van der Waals surface area (Å²) in [6.07, 6.45) is 4.68. The van der Waals surface area contributed by atoms with Crippen molar-refractivity contribution in [3.63, 3.8) is 0 Å². The molecule has 1 N–H and O–H groups in total. The molecule has 0 bridgehead atoms. The minimum absolute atomic E-state index is 0.0329. The summed E-state index contributed by atoms with van der Waals surface area (Å²) in [6, 6.07) is 10.9. The van der Waals surface area contributed by atoms with Crippen molar-refractivity contribution in [2.45, 2.75) is 13.8 Å². The summed E-state index contributed by atoms with van der Waals surface area (Å²) in [6.45, 7) is 4.32. The second-order valence-electron chi connectivity index (χ2n) is 7.21. The quantitative estimate of drug-likeness (QED) is 0.742. The number of aromatic hydroxyl groups is 1. The number of halogens is 2. The highest BCUT2D eigenvalue weighted by Gasteiger charge is 2.29. The summed E-state index contributed by atoms with van der Waals surface area (Å²) < 4.78 is 27.2. The maximum Gasteiger partial charge on any atom is 0.278 e. The van der Waals surface area contributed by atoms with Crippen molar-refractivity contribution in [1.82, 2.24) is 4.90 Å². The Morgan fingerprint density at radius 3 is 2.50 bits per heavy atom. The maximum absolute atomic E-state index is 13.6. The number of benzene rings is 2. The van der Waals surface area contributed by atoms with E-state index in [9.17, 15) is 18.7 Å². The maximum atomic E-state index is 13.6. The van der Waals surface area contributed by atoms with Crippen LogP contribution in [0.15, 0.2) is 53.2 Å². The number of carbonyl (C=O) groups is 1. The van der Waals surface area contributed by atoms with Gasteiger partial charge in [-0.2, -0.15) is 5.26 Å². The van der Waals surface area contributed by atoms with Crippen molar-refractivity contribution >= 4 is 23.9 Å². The molecule has 1 aliphatic heterocycles. The Balaban J connectivity index is 1.97. The molecule has 0 unspecified atom stereocenters. The van der Waals surface area contributed by atoms with Crippen molar-refractivity contribution in [3.05, 3.63) is 76.5 Å². The Labute approximate surface area is 172 Å². The molecule has 1 aliphatic rings. The van der Waals surface area contributed by atoms with Gasteiger partial charge >= 0.3 is 0 Å². The van der Waals surface area contributed by atoms with E-state index in [4.69, 9.17) is 5.26 Å². The van der Waals surface area contributed by atoms with Crippen LogP contribution in [0.25, 0.3) is 12.2 Å².